The highest BCUT2D eigenvalue weighted by Crippen LogP contribution is 2.25. The third kappa shape index (κ3) is 4.14. The average molecular weight is 354 g/mol. The molecule has 1 saturated heterocycles. The summed E-state index contributed by atoms with van der Waals surface area (Å²) >= 11 is 0. The number of para-hydroxylation sites is 2. The molecule has 1 fully saturated rings. The van der Waals surface area contributed by atoms with Crippen molar-refractivity contribution in [1.82, 2.24) is 20.0 Å². The summed E-state index contributed by atoms with van der Waals surface area (Å²) < 4.78 is 7.20. The van der Waals surface area contributed by atoms with Gasteiger partial charge in [-0.25, -0.2) is 4.68 Å². The van der Waals surface area contributed by atoms with Gasteiger partial charge in [0.15, 0.2) is 0 Å². The lowest BCUT2D eigenvalue weighted by atomic mass is 10.1. The normalized spacial score (nSPS) is 16.9. The van der Waals surface area contributed by atoms with Gasteiger partial charge >= 0.3 is 0 Å². The molecule has 1 aromatic heterocycles. The maximum atomic E-state index is 12.3. The molecule has 6 nitrogen and oxygen atoms in total. The second-order valence-electron chi connectivity index (χ2n) is 6.46. The number of aromatic nitrogens is 2. The van der Waals surface area contributed by atoms with Crippen LogP contribution >= 0.6 is 0 Å². The molecule has 0 unspecified atom stereocenters. The molecule has 0 bridgehead atoms. The summed E-state index contributed by atoms with van der Waals surface area (Å²) in [7, 11) is 1.65. The SMILES string of the molecule is C=CCNCC[C@H]1CCC(=O)N1Cc1cnn(-c2ccccc2OC)c1. The van der Waals surface area contributed by atoms with E-state index in [1.807, 2.05) is 47.6 Å². The Morgan fingerprint density at radius 1 is 1.42 bits per heavy atom. The fourth-order valence-corrected chi connectivity index (χ4v) is 3.37. The molecule has 0 radical (unpaired) electrons. The van der Waals surface area contributed by atoms with Crippen molar-refractivity contribution in [2.24, 2.45) is 0 Å². The first-order valence-corrected chi connectivity index (χ1v) is 9.01. The summed E-state index contributed by atoms with van der Waals surface area (Å²) in [6.07, 6.45) is 8.16. The average Bonchev–Trinajstić information content (AvgIpc) is 3.27. The Kier molecular flexibility index (Phi) is 6.07. The molecule has 1 aliphatic heterocycles. The number of carbonyl (C=O) groups is 1. The third-order valence-electron chi connectivity index (χ3n) is 4.72. The minimum atomic E-state index is 0.226. The maximum absolute atomic E-state index is 12.3. The Hall–Kier alpha value is -2.60. The highest BCUT2D eigenvalue weighted by molar-refractivity contribution is 5.78. The van der Waals surface area contributed by atoms with E-state index in [1.165, 1.54) is 0 Å². The van der Waals surface area contributed by atoms with Crippen LogP contribution in [0.3, 0.4) is 0 Å². The Balaban J connectivity index is 1.67. The van der Waals surface area contributed by atoms with E-state index in [0.29, 0.717) is 13.0 Å². The van der Waals surface area contributed by atoms with Crippen molar-refractivity contribution in [1.29, 1.82) is 0 Å². The number of hydrogen-bond donors (Lipinski definition) is 1. The van der Waals surface area contributed by atoms with Gasteiger partial charge in [-0.15, -0.1) is 6.58 Å². The second kappa shape index (κ2) is 8.67. The minimum Gasteiger partial charge on any atom is -0.494 e. The summed E-state index contributed by atoms with van der Waals surface area (Å²) in [6, 6.07) is 8.04. The van der Waals surface area contributed by atoms with Crippen LogP contribution in [0.15, 0.2) is 49.3 Å². The second-order valence-corrected chi connectivity index (χ2v) is 6.46. The van der Waals surface area contributed by atoms with Gasteiger partial charge in [-0.3, -0.25) is 4.79 Å². The maximum Gasteiger partial charge on any atom is 0.223 e. The van der Waals surface area contributed by atoms with E-state index in [9.17, 15) is 4.79 Å². The largest absolute Gasteiger partial charge is 0.494 e. The topological polar surface area (TPSA) is 59.4 Å². The van der Waals surface area contributed by atoms with Gasteiger partial charge in [-0.2, -0.15) is 5.10 Å². The van der Waals surface area contributed by atoms with Crippen molar-refractivity contribution >= 4 is 5.91 Å². The van der Waals surface area contributed by atoms with Crippen molar-refractivity contribution in [2.75, 3.05) is 20.2 Å². The molecule has 2 aromatic rings. The molecule has 0 saturated carbocycles. The van der Waals surface area contributed by atoms with Crippen LogP contribution in [0.5, 0.6) is 5.75 Å². The Morgan fingerprint density at radius 3 is 3.08 bits per heavy atom. The summed E-state index contributed by atoms with van der Waals surface area (Å²) in [5.41, 5.74) is 1.91. The quantitative estimate of drug-likeness (QED) is 0.555. The molecule has 0 aliphatic carbocycles. The van der Waals surface area contributed by atoms with Crippen molar-refractivity contribution < 1.29 is 9.53 Å². The van der Waals surface area contributed by atoms with Gasteiger partial charge in [0.2, 0.25) is 5.91 Å². The van der Waals surface area contributed by atoms with Gasteiger partial charge in [0.25, 0.3) is 0 Å². The number of benzene rings is 1. The molecule has 0 spiro atoms. The van der Waals surface area contributed by atoms with Gasteiger partial charge in [-0.05, 0) is 31.5 Å². The summed E-state index contributed by atoms with van der Waals surface area (Å²) in [4.78, 5) is 14.3. The molecule has 3 rings (SSSR count). The number of amides is 1. The monoisotopic (exact) mass is 354 g/mol. The summed E-state index contributed by atoms with van der Waals surface area (Å²) in [5.74, 6) is 0.995. The lowest BCUT2D eigenvalue weighted by Crippen LogP contribution is -2.34. The van der Waals surface area contributed by atoms with Crippen molar-refractivity contribution in [2.45, 2.75) is 31.8 Å². The molecule has 1 amide bonds. The molecular formula is C20H26N4O2. The van der Waals surface area contributed by atoms with Gasteiger partial charge in [0, 0.05) is 37.3 Å². The number of carbonyl (C=O) groups excluding carboxylic acids is 1. The zero-order valence-electron chi connectivity index (χ0n) is 15.2. The molecule has 26 heavy (non-hydrogen) atoms. The Morgan fingerprint density at radius 2 is 2.27 bits per heavy atom. The first-order chi connectivity index (χ1) is 12.7. The van der Waals surface area contributed by atoms with Crippen LogP contribution in [-0.4, -0.2) is 46.8 Å². The smallest absolute Gasteiger partial charge is 0.223 e. The first-order valence-electron chi connectivity index (χ1n) is 9.01. The summed E-state index contributed by atoms with van der Waals surface area (Å²) in [6.45, 7) is 5.99. The third-order valence-corrected chi connectivity index (χ3v) is 4.72. The van der Waals surface area contributed by atoms with Crippen LogP contribution in [0, 0.1) is 0 Å². The van der Waals surface area contributed by atoms with E-state index >= 15 is 0 Å². The predicted molar refractivity (Wildman–Crippen MR) is 101 cm³/mol. The zero-order valence-corrected chi connectivity index (χ0v) is 15.2. The van der Waals surface area contributed by atoms with Crippen LogP contribution in [0.4, 0.5) is 0 Å². The van der Waals surface area contributed by atoms with Crippen LogP contribution in [0.1, 0.15) is 24.8 Å². The zero-order chi connectivity index (χ0) is 18.4. The fourth-order valence-electron chi connectivity index (χ4n) is 3.37. The highest BCUT2D eigenvalue weighted by Gasteiger charge is 2.30. The highest BCUT2D eigenvalue weighted by atomic mass is 16.5. The van der Waals surface area contributed by atoms with Crippen molar-refractivity contribution in [3.63, 3.8) is 0 Å². The molecule has 138 valence electrons. The van der Waals surface area contributed by atoms with E-state index in [2.05, 4.69) is 17.0 Å². The molecule has 1 atom stereocenters. The number of ether oxygens (including phenoxy) is 1. The van der Waals surface area contributed by atoms with Gasteiger partial charge in [-0.1, -0.05) is 18.2 Å². The van der Waals surface area contributed by atoms with Crippen molar-refractivity contribution in [3.8, 4) is 11.4 Å². The van der Waals surface area contributed by atoms with E-state index in [0.717, 1.165) is 42.9 Å². The van der Waals surface area contributed by atoms with Crippen molar-refractivity contribution in [3.05, 3.63) is 54.9 Å². The molecule has 1 aromatic carbocycles. The Labute approximate surface area is 154 Å². The van der Waals surface area contributed by atoms with Crippen LogP contribution in [0.25, 0.3) is 5.69 Å². The fraction of sp³-hybridized carbons (Fsp3) is 0.400. The van der Waals surface area contributed by atoms with Crippen LogP contribution < -0.4 is 10.1 Å². The number of methoxy groups -OCH3 is 1. The van der Waals surface area contributed by atoms with Gasteiger partial charge in [0.05, 0.1) is 13.3 Å². The number of hydrogen-bond acceptors (Lipinski definition) is 4. The van der Waals surface area contributed by atoms with Crippen LogP contribution in [-0.2, 0) is 11.3 Å². The number of rotatable bonds is 9. The molecule has 1 N–H and O–H groups in total. The number of likely N-dealkylation sites (tertiary alicyclic amines) is 1. The van der Waals surface area contributed by atoms with E-state index in [1.54, 1.807) is 11.8 Å². The molecule has 6 heteroatoms. The van der Waals surface area contributed by atoms with E-state index in [-0.39, 0.29) is 11.9 Å². The van der Waals surface area contributed by atoms with E-state index in [4.69, 9.17) is 4.74 Å². The lowest BCUT2D eigenvalue weighted by Gasteiger charge is -2.24. The molecule has 1 aliphatic rings. The first kappa shape index (κ1) is 18.2. The molecular weight excluding hydrogens is 328 g/mol. The standard InChI is InChI=1S/C20H26N4O2/c1-3-11-21-12-10-17-8-9-20(25)23(17)14-16-13-22-24(15-16)18-6-4-5-7-19(18)26-2/h3-7,13,15,17,21H,1,8-12,14H2,2H3/t17-/m1/s1. The number of nitrogens with zero attached hydrogens (tertiary/aromatic N) is 3. The number of nitrogens with one attached hydrogen (secondary N) is 1. The van der Waals surface area contributed by atoms with Gasteiger partial charge in [0.1, 0.15) is 11.4 Å². The summed E-state index contributed by atoms with van der Waals surface area (Å²) in [5, 5.41) is 7.76. The van der Waals surface area contributed by atoms with Gasteiger partial charge < -0.3 is 15.0 Å². The lowest BCUT2D eigenvalue weighted by molar-refractivity contribution is -0.129. The molecule has 2 heterocycles. The predicted octanol–water partition coefficient (Wildman–Crippen LogP) is 2.54. The van der Waals surface area contributed by atoms with E-state index < -0.39 is 0 Å². The minimum absolute atomic E-state index is 0.226. The Bertz CT molecular complexity index is 756. The van der Waals surface area contributed by atoms with Crippen LogP contribution in [0.2, 0.25) is 0 Å².